The summed E-state index contributed by atoms with van der Waals surface area (Å²) in [5.74, 6) is 0.706. The number of hydrogen-bond donors (Lipinski definition) is 1. The second kappa shape index (κ2) is 12.9. The van der Waals surface area contributed by atoms with E-state index >= 15 is 0 Å². The van der Waals surface area contributed by atoms with Gasteiger partial charge >= 0.3 is 0 Å². The Bertz CT molecular complexity index is 1870. The summed E-state index contributed by atoms with van der Waals surface area (Å²) in [5.41, 5.74) is 3.61. The van der Waals surface area contributed by atoms with Crippen molar-refractivity contribution in [1.29, 1.82) is 0 Å². The third kappa shape index (κ3) is 7.38. The lowest BCUT2D eigenvalue weighted by Gasteiger charge is -2.33. The van der Waals surface area contributed by atoms with Crippen LogP contribution < -0.4 is 14.2 Å². The highest BCUT2D eigenvalue weighted by molar-refractivity contribution is 7.92. The SMILES string of the molecule is CC[C@@H](C)Oc1cnc(CN2C(=O)c3cccc(c3)S(=O)(=O)Nc3nc(cc(-c4c(C)cccc4C)n3)OC[C@H]2CC2(C)CC2)nc1. The predicted molar refractivity (Wildman–Crippen MR) is 178 cm³/mol. The summed E-state index contributed by atoms with van der Waals surface area (Å²) in [6, 6.07) is 13.2. The second-order valence-electron chi connectivity index (χ2n) is 12.9. The molecule has 1 saturated carbocycles. The van der Waals surface area contributed by atoms with Gasteiger partial charge in [-0.1, -0.05) is 38.1 Å². The standard InChI is InChI=1S/C35H40N6O5S/c1-6-24(4)46-27-18-36-30(37-19-27)20-41-26(17-35(5)13-14-35)21-45-31-16-29(32-22(2)9-7-10-23(32)3)38-34(39-31)40-47(43,44)28-12-8-11-25(15-28)33(41)42/h7-12,15-16,18-19,24,26H,6,13-14,17,20-21H2,1-5H3,(H,38,39,40)/t24-,26-/m1/s1. The summed E-state index contributed by atoms with van der Waals surface area (Å²) in [7, 11) is -4.17. The molecule has 1 fully saturated rings. The van der Waals surface area contributed by atoms with Gasteiger partial charge in [-0.15, -0.1) is 0 Å². The van der Waals surface area contributed by atoms with Gasteiger partial charge < -0.3 is 14.4 Å². The third-order valence-electron chi connectivity index (χ3n) is 8.92. The predicted octanol–water partition coefficient (Wildman–Crippen LogP) is 6.12. The lowest BCUT2D eigenvalue weighted by molar-refractivity contribution is 0.0533. The van der Waals surface area contributed by atoms with Gasteiger partial charge in [-0.05, 0) is 81.2 Å². The van der Waals surface area contributed by atoms with Crippen LogP contribution in [0.5, 0.6) is 11.6 Å². The molecule has 1 amide bonds. The van der Waals surface area contributed by atoms with Crippen molar-refractivity contribution in [1.82, 2.24) is 24.8 Å². The number of sulfonamides is 1. The molecule has 1 N–H and O–H groups in total. The fourth-order valence-electron chi connectivity index (χ4n) is 5.78. The maximum absolute atomic E-state index is 14.3. The Morgan fingerprint density at radius 3 is 2.45 bits per heavy atom. The van der Waals surface area contributed by atoms with Crippen LogP contribution in [0.15, 0.2) is 65.8 Å². The van der Waals surface area contributed by atoms with Crippen LogP contribution in [-0.4, -0.2) is 57.9 Å². The highest BCUT2D eigenvalue weighted by Gasteiger charge is 2.42. The molecule has 47 heavy (non-hydrogen) atoms. The molecule has 0 radical (unpaired) electrons. The molecule has 1 aliphatic carbocycles. The number of carbonyl (C=O) groups excluding carboxylic acids is 1. The number of aromatic nitrogens is 4. The monoisotopic (exact) mass is 656 g/mol. The average Bonchev–Trinajstić information content (AvgIpc) is 3.78. The second-order valence-corrected chi connectivity index (χ2v) is 14.6. The number of anilines is 1. The first-order valence-electron chi connectivity index (χ1n) is 15.9. The van der Waals surface area contributed by atoms with E-state index in [0.29, 0.717) is 23.7 Å². The van der Waals surface area contributed by atoms with Crippen molar-refractivity contribution in [2.45, 2.75) is 83.9 Å². The van der Waals surface area contributed by atoms with Gasteiger partial charge in [0.05, 0.1) is 41.7 Å². The summed E-state index contributed by atoms with van der Waals surface area (Å²) in [6.07, 6.45) is 6.83. The Morgan fingerprint density at radius 1 is 1.06 bits per heavy atom. The number of hydrogen-bond acceptors (Lipinski definition) is 9. The topological polar surface area (TPSA) is 136 Å². The van der Waals surface area contributed by atoms with Crippen molar-refractivity contribution in [2.24, 2.45) is 5.41 Å². The minimum Gasteiger partial charge on any atom is -0.487 e. The molecule has 2 aromatic carbocycles. The van der Waals surface area contributed by atoms with Crippen molar-refractivity contribution < 1.29 is 22.7 Å². The number of benzene rings is 2. The number of carbonyl (C=O) groups is 1. The van der Waals surface area contributed by atoms with E-state index in [1.54, 1.807) is 35.5 Å². The van der Waals surface area contributed by atoms with Gasteiger partial charge in [-0.25, -0.2) is 28.1 Å². The first-order chi connectivity index (χ1) is 22.4. The molecule has 6 rings (SSSR count). The van der Waals surface area contributed by atoms with Crippen LogP contribution in [0.25, 0.3) is 11.3 Å². The van der Waals surface area contributed by atoms with Crippen molar-refractivity contribution in [3.63, 3.8) is 0 Å². The van der Waals surface area contributed by atoms with Crippen molar-refractivity contribution in [3.8, 4) is 22.9 Å². The molecular weight excluding hydrogens is 616 g/mol. The molecule has 2 atom stereocenters. The van der Waals surface area contributed by atoms with Crippen LogP contribution in [0, 0.1) is 19.3 Å². The van der Waals surface area contributed by atoms with Gasteiger partial charge in [-0.2, -0.15) is 4.98 Å². The molecule has 0 spiro atoms. The van der Waals surface area contributed by atoms with E-state index in [1.807, 2.05) is 45.9 Å². The Balaban J connectivity index is 1.44. The molecule has 0 unspecified atom stereocenters. The van der Waals surface area contributed by atoms with E-state index in [2.05, 4.69) is 31.6 Å². The zero-order chi connectivity index (χ0) is 33.3. The lowest BCUT2D eigenvalue weighted by Crippen LogP contribution is -2.44. The Labute approximate surface area is 275 Å². The Morgan fingerprint density at radius 2 is 1.77 bits per heavy atom. The fourth-order valence-corrected chi connectivity index (χ4v) is 6.77. The number of rotatable bonds is 8. The summed E-state index contributed by atoms with van der Waals surface area (Å²) >= 11 is 0. The summed E-state index contributed by atoms with van der Waals surface area (Å²) in [6.45, 7) is 10.4. The number of aryl methyl sites for hydroxylation is 2. The molecule has 2 aromatic heterocycles. The number of ether oxygens (including phenoxy) is 2. The van der Waals surface area contributed by atoms with E-state index < -0.39 is 16.1 Å². The smallest absolute Gasteiger partial charge is 0.264 e. The van der Waals surface area contributed by atoms with E-state index in [1.165, 1.54) is 12.1 Å². The maximum Gasteiger partial charge on any atom is 0.264 e. The van der Waals surface area contributed by atoms with Gasteiger partial charge in [0.1, 0.15) is 12.4 Å². The van der Waals surface area contributed by atoms with E-state index in [-0.39, 0.29) is 52.9 Å². The molecule has 1 aliphatic heterocycles. The van der Waals surface area contributed by atoms with Crippen LogP contribution in [0.1, 0.15) is 73.8 Å². The van der Waals surface area contributed by atoms with E-state index in [4.69, 9.17) is 9.47 Å². The Hall–Kier alpha value is -4.58. The summed E-state index contributed by atoms with van der Waals surface area (Å²) < 4.78 is 42.0. The minimum atomic E-state index is -4.17. The molecule has 12 heteroatoms. The van der Waals surface area contributed by atoms with Gasteiger partial charge in [0.15, 0.2) is 5.75 Å². The van der Waals surface area contributed by atoms with Crippen LogP contribution >= 0.6 is 0 Å². The average molecular weight is 657 g/mol. The molecule has 4 bridgehead atoms. The summed E-state index contributed by atoms with van der Waals surface area (Å²) in [4.78, 5) is 34.1. The lowest BCUT2D eigenvalue weighted by atomic mass is 9.97. The number of nitrogens with one attached hydrogen (secondary N) is 1. The van der Waals surface area contributed by atoms with E-state index in [9.17, 15) is 13.2 Å². The Kier molecular flexibility index (Phi) is 8.88. The first-order valence-corrected chi connectivity index (χ1v) is 17.4. The molecular formula is C35H40N6O5S. The van der Waals surface area contributed by atoms with E-state index in [0.717, 1.165) is 36.0 Å². The van der Waals surface area contributed by atoms with Gasteiger partial charge in [0.2, 0.25) is 11.8 Å². The highest BCUT2D eigenvalue weighted by atomic mass is 32.2. The molecule has 246 valence electrons. The van der Waals surface area contributed by atoms with Crippen LogP contribution in [0.3, 0.4) is 0 Å². The van der Waals surface area contributed by atoms with Gasteiger partial charge in [-0.3, -0.25) is 4.79 Å². The molecule has 3 heterocycles. The van der Waals surface area contributed by atoms with Crippen molar-refractivity contribution in [2.75, 3.05) is 11.3 Å². The minimum absolute atomic E-state index is 0.0153. The normalized spacial score (nSPS) is 18.9. The van der Waals surface area contributed by atoms with Crippen LogP contribution in [0.4, 0.5) is 5.95 Å². The van der Waals surface area contributed by atoms with Crippen LogP contribution in [0.2, 0.25) is 0 Å². The number of nitrogens with zero attached hydrogens (tertiary/aromatic N) is 5. The molecule has 0 saturated heterocycles. The van der Waals surface area contributed by atoms with Crippen LogP contribution in [-0.2, 0) is 16.6 Å². The highest BCUT2D eigenvalue weighted by Crippen LogP contribution is 2.49. The first kappa shape index (κ1) is 32.4. The fraction of sp³-hybridized carbons (Fsp3) is 0.400. The van der Waals surface area contributed by atoms with Crippen molar-refractivity contribution >= 4 is 21.9 Å². The molecule has 11 nitrogen and oxygen atoms in total. The van der Waals surface area contributed by atoms with Gasteiger partial charge in [0, 0.05) is 17.2 Å². The number of fused-ring (bicyclic) bond motifs is 4. The zero-order valence-corrected chi connectivity index (χ0v) is 28.2. The maximum atomic E-state index is 14.3. The quantitative estimate of drug-likeness (QED) is 0.238. The van der Waals surface area contributed by atoms with Gasteiger partial charge in [0.25, 0.3) is 15.9 Å². The zero-order valence-electron chi connectivity index (χ0n) is 27.4. The van der Waals surface area contributed by atoms with Crippen molar-refractivity contribution in [3.05, 3.63) is 83.4 Å². The third-order valence-corrected chi connectivity index (χ3v) is 10.2. The largest absolute Gasteiger partial charge is 0.487 e. The molecule has 2 aliphatic rings. The molecule has 4 aromatic rings. The number of amides is 1. The summed E-state index contributed by atoms with van der Waals surface area (Å²) in [5, 5.41) is 0.